The van der Waals surface area contributed by atoms with Crippen LogP contribution < -0.4 is 15.3 Å². The zero-order chi connectivity index (χ0) is 15.1. The number of nitrogens with zero attached hydrogens (tertiary/aromatic N) is 2. The average molecular weight is 324 g/mol. The van der Waals surface area contributed by atoms with Crippen LogP contribution in [0.4, 0.5) is 13.2 Å². The third-order valence-electron chi connectivity index (χ3n) is 2.72. The highest BCUT2D eigenvalue weighted by Crippen LogP contribution is 2.33. The quantitative estimate of drug-likeness (QED) is 0.460. The van der Waals surface area contributed by atoms with Crippen molar-refractivity contribution >= 4 is 34.9 Å². The highest BCUT2D eigenvalue weighted by molar-refractivity contribution is 8.00. The van der Waals surface area contributed by atoms with E-state index in [0.717, 1.165) is 29.2 Å². The largest absolute Gasteiger partial charge is 0.395 e. The van der Waals surface area contributed by atoms with E-state index in [0.29, 0.717) is 0 Å². The van der Waals surface area contributed by atoms with Crippen molar-refractivity contribution in [3.63, 3.8) is 0 Å². The van der Waals surface area contributed by atoms with Crippen molar-refractivity contribution in [1.82, 2.24) is 4.98 Å². The second-order valence-corrected chi connectivity index (χ2v) is 6.01. The van der Waals surface area contributed by atoms with Gasteiger partial charge in [-0.2, -0.15) is 18.2 Å². The molecule has 1 aliphatic rings. The predicted molar refractivity (Wildman–Crippen MR) is 68.4 cm³/mol. The van der Waals surface area contributed by atoms with Crippen molar-refractivity contribution in [3.8, 4) is 0 Å². The number of aromatic nitrogens is 1. The second kappa shape index (κ2) is 5.17. The zero-order valence-electron chi connectivity index (χ0n) is 9.93. The molecule has 108 valence electrons. The van der Waals surface area contributed by atoms with Gasteiger partial charge in [0, 0.05) is 0 Å². The van der Waals surface area contributed by atoms with Crippen LogP contribution in [0.3, 0.4) is 0 Å². The Morgan fingerprint density at radius 2 is 2.20 bits per heavy atom. The number of rotatable bonds is 2. The van der Waals surface area contributed by atoms with E-state index in [-0.39, 0.29) is 14.1 Å². The zero-order valence-corrected chi connectivity index (χ0v) is 11.6. The number of alkyl halides is 3. The summed E-state index contributed by atoms with van der Waals surface area (Å²) in [6.07, 6.45) is -3.04. The van der Waals surface area contributed by atoms with Gasteiger partial charge >= 0.3 is 6.18 Å². The summed E-state index contributed by atoms with van der Waals surface area (Å²) < 4.78 is 38.5. The normalized spacial score (nSPS) is 18.4. The van der Waals surface area contributed by atoms with Crippen LogP contribution in [-0.4, -0.2) is 22.3 Å². The fourth-order valence-electron chi connectivity index (χ4n) is 1.78. The van der Waals surface area contributed by atoms with Gasteiger partial charge in [-0.15, -0.1) is 11.3 Å². The molecule has 0 N–H and O–H groups in total. The maximum Gasteiger partial charge on any atom is 0.395 e. The summed E-state index contributed by atoms with van der Waals surface area (Å²) in [6.45, 7) is 0. The van der Waals surface area contributed by atoms with Crippen LogP contribution in [0, 0.1) is 16.0 Å². The fourth-order valence-corrected chi connectivity index (χ4v) is 3.38. The second-order valence-electron chi connectivity index (χ2n) is 3.95. The molecule has 0 fully saturated rings. The maximum atomic E-state index is 12.8. The summed E-state index contributed by atoms with van der Waals surface area (Å²) in [5.74, 6) is -2.03. The van der Waals surface area contributed by atoms with Crippen molar-refractivity contribution in [2.45, 2.75) is 16.9 Å². The minimum Gasteiger partial charge on any atom is -0.267 e. The lowest BCUT2D eigenvalue weighted by atomic mass is 9.98. The lowest BCUT2D eigenvalue weighted by Crippen LogP contribution is -2.46. The Labute approximate surface area is 118 Å². The van der Waals surface area contributed by atoms with Gasteiger partial charge in [0.25, 0.3) is 11.3 Å². The van der Waals surface area contributed by atoms with Crippen LogP contribution in [0.15, 0.2) is 9.13 Å². The van der Waals surface area contributed by atoms with Gasteiger partial charge in [-0.3, -0.25) is 14.9 Å². The first-order chi connectivity index (χ1) is 9.24. The third kappa shape index (κ3) is 2.70. The average Bonchev–Trinajstić information content (AvgIpc) is 2.36. The highest BCUT2D eigenvalue weighted by Gasteiger charge is 2.42. The topological polar surface area (TPSA) is 73.1 Å². The van der Waals surface area contributed by atoms with Crippen molar-refractivity contribution in [3.05, 3.63) is 30.2 Å². The van der Waals surface area contributed by atoms with Gasteiger partial charge in [-0.1, -0.05) is 17.8 Å². The van der Waals surface area contributed by atoms with Gasteiger partial charge in [-0.25, -0.2) is 0 Å². The Morgan fingerprint density at radius 3 is 2.70 bits per heavy atom. The highest BCUT2D eigenvalue weighted by atomic mass is 32.2. The minimum absolute atomic E-state index is 0.0279. The van der Waals surface area contributed by atoms with Gasteiger partial charge in [0.1, 0.15) is 4.53 Å². The number of hydrogen-bond acceptors (Lipinski definition) is 6. The van der Waals surface area contributed by atoms with E-state index in [4.69, 9.17) is 0 Å². The maximum absolute atomic E-state index is 12.8. The minimum atomic E-state index is -4.63. The molecule has 0 saturated carbocycles. The van der Waals surface area contributed by atoms with Crippen LogP contribution >= 0.6 is 23.1 Å². The fraction of sp³-hybridized carbons (Fsp3) is 0.400. The number of fused-ring (bicyclic) bond motifs is 1. The molecule has 1 heterocycles. The van der Waals surface area contributed by atoms with Crippen molar-refractivity contribution in [2.75, 3.05) is 6.26 Å². The lowest BCUT2D eigenvalue weighted by Gasteiger charge is -2.17. The first-order valence-corrected chi connectivity index (χ1v) is 7.29. The molecule has 5 nitrogen and oxygen atoms in total. The molecular weight excluding hydrogens is 317 g/mol. The molecule has 1 atom stereocenters. The summed E-state index contributed by atoms with van der Waals surface area (Å²) in [4.78, 5) is 25.4. The van der Waals surface area contributed by atoms with Crippen molar-refractivity contribution in [2.24, 2.45) is 5.92 Å². The molecule has 0 spiro atoms. The van der Waals surface area contributed by atoms with Gasteiger partial charge in [-0.05, 0) is 6.26 Å². The number of thioether (sulfide) groups is 1. The number of halogens is 3. The molecule has 0 aliphatic heterocycles. The Hall–Kier alpha value is -1.42. The standard InChI is InChI=1S/C10H7F3N2O3S2/c1-19-9-14-8(16)5-2-4(10(11,12)13)3-6(15(17)18)7(5)20-9/h2,4H,3H2,1H3. The Balaban J connectivity index is 2.84. The van der Waals surface area contributed by atoms with Crippen LogP contribution in [0.5, 0.6) is 0 Å². The van der Waals surface area contributed by atoms with Crippen LogP contribution in [0.2, 0.25) is 0 Å². The monoisotopic (exact) mass is 324 g/mol. The molecule has 0 bridgehead atoms. The molecule has 0 amide bonds. The molecule has 0 radical (unpaired) electrons. The van der Waals surface area contributed by atoms with E-state index < -0.39 is 34.7 Å². The van der Waals surface area contributed by atoms with E-state index in [1.165, 1.54) is 0 Å². The summed E-state index contributed by atoms with van der Waals surface area (Å²) in [5.41, 5.74) is -1.44. The molecule has 1 aliphatic carbocycles. The molecule has 2 rings (SSSR count). The smallest absolute Gasteiger partial charge is 0.267 e. The van der Waals surface area contributed by atoms with E-state index in [1.807, 2.05) is 0 Å². The summed E-state index contributed by atoms with van der Waals surface area (Å²) >= 11 is 1.97. The molecule has 0 aromatic carbocycles. The Kier molecular flexibility index (Phi) is 3.87. The Bertz CT molecular complexity index is 742. The predicted octanol–water partition coefficient (Wildman–Crippen LogP) is 0.973. The van der Waals surface area contributed by atoms with E-state index in [2.05, 4.69) is 4.98 Å². The summed E-state index contributed by atoms with van der Waals surface area (Å²) in [6, 6.07) is 0. The molecule has 1 aromatic rings. The van der Waals surface area contributed by atoms with Crippen molar-refractivity contribution in [1.29, 1.82) is 0 Å². The van der Waals surface area contributed by atoms with Crippen LogP contribution in [0.1, 0.15) is 6.42 Å². The van der Waals surface area contributed by atoms with E-state index in [9.17, 15) is 28.1 Å². The van der Waals surface area contributed by atoms with E-state index in [1.54, 1.807) is 6.26 Å². The van der Waals surface area contributed by atoms with Crippen molar-refractivity contribution < 1.29 is 18.1 Å². The van der Waals surface area contributed by atoms with Gasteiger partial charge in [0.2, 0.25) is 0 Å². The summed E-state index contributed by atoms with van der Waals surface area (Å²) in [7, 11) is 0. The molecule has 0 saturated heterocycles. The van der Waals surface area contributed by atoms with Crippen LogP contribution in [-0.2, 0) is 0 Å². The van der Waals surface area contributed by atoms with Gasteiger partial charge in [0.05, 0.1) is 22.5 Å². The first-order valence-electron chi connectivity index (χ1n) is 5.25. The van der Waals surface area contributed by atoms with Gasteiger partial charge in [0.15, 0.2) is 4.34 Å². The molecule has 10 heteroatoms. The molecule has 20 heavy (non-hydrogen) atoms. The molecule has 1 unspecified atom stereocenters. The van der Waals surface area contributed by atoms with E-state index >= 15 is 0 Å². The third-order valence-corrected chi connectivity index (χ3v) is 4.83. The first kappa shape index (κ1) is 15.0. The molecular formula is C10H7F3N2O3S2. The SMILES string of the molecule is CSc1nc(=O)c2c(s1)=C([N+](=O)[O-])CC(C(F)(F)F)C=2. The van der Waals surface area contributed by atoms with Crippen LogP contribution in [0.25, 0.3) is 11.8 Å². The number of nitro groups is 1. The molecule has 1 aromatic heterocycles. The summed E-state index contributed by atoms with van der Waals surface area (Å²) in [5, 5.41) is 10.6. The lowest BCUT2D eigenvalue weighted by molar-refractivity contribution is -0.383. The Morgan fingerprint density at radius 1 is 1.55 bits per heavy atom. The number of hydrogen-bond donors (Lipinski definition) is 0. The van der Waals surface area contributed by atoms with Gasteiger partial charge < -0.3 is 0 Å².